The molecule has 8 heteroatoms. The number of hydrogen-bond acceptors (Lipinski definition) is 6. The number of hydrogen-bond donors (Lipinski definition) is 1. The second-order valence-electron chi connectivity index (χ2n) is 3.93. The number of sulfonamides is 1. The minimum atomic E-state index is -3.10. The van der Waals surface area contributed by atoms with Gasteiger partial charge in [-0.3, -0.25) is 0 Å². The van der Waals surface area contributed by atoms with E-state index < -0.39 is 10.0 Å². The van der Waals surface area contributed by atoms with Crippen LogP contribution in [0.15, 0.2) is 12.3 Å². The second kappa shape index (κ2) is 4.46. The molecule has 1 saturated heterocycles. The van der Waals surface area contributed by atoms with Gasteiger partial charge in [-0.2, -0.15) is 9.29 Å². The molecule has 0 amide bonds. The van der Waals surface area contributed by atoms with Crippen LogP contribution in [0.1, 0.15) is 0 Å². The third-order valence-electron chi connectivity index (χ3n) is 2.65. The lowest BCUT2D eigenvalue weighted by atomic mass is 10.4. The highest BCUT2D eigenvalue weighted by atomic mass is 32.2. The van der Waals surface area contributed by atoms with Gasteiger partial charge in [-0.1, -0.05) is 0 Å². The van der Waals surface area contributed by atoms with Gasteiger partial charge in [0.2, 0.25) is 16.0 Å². The number of rotatable bonds is 2. The molecule has 7 nitrogen and oxygen atoms in total. The summed E-state index contributed by atoms with van der Waals surface area (Å²) < 4.78 is 24.1. The minimum Gasteiger partial charge on any atom is -0.384 e. The lowest BCUT2D eigenvalue weighted by Crippen LogP contribution is -2.48. The quantitative estimate of drug-likeness (QED) is 0.741. The summed E-state index contributed by atoms with van der Waals surface area (Å²) in [4.78, 5) is 10.2. The van der Waals surface area contributed by atoms with Crippen molar-refractivity contribution in [1.82, 2.24) is 14.3 Å². The molecule has 17 heavy (non-hydrogen) atoms. The van der Waals surface area contributed by atoms with Gasteiger partial charge < -0.3 is 10.6 Å². The summed E-state index contributed by atoms with van der Waals surface area (Å²) in [5, 5.41) is 0. The van der Waals surface area contributed by atoms with Crippen molar-refractivity contribution in [3.05, 3.63) is 12.3 Å². The molecule has 1 fully saturated rings. The predicted molar refractivity (Wildman–Crippen MR) is 65.1 cm³/mol. The molecule has 2 N–H and O–H groups in total. The van der Waals surface area contributed by atoms with E-state index in [0.717, 1.165) is 0 Å². The zero-order valence-electron chi connectivity index (χ0n) is 9.57. The maximum Gasteiger partial charge on any atom is 0.227 e. The van der Waals surface area contributed by atoms with Crippen LogP contribution in [0.5, 0.6) is 0 Å². The third kappa shape index (κ3) is 2.83. The molecule has 94 valence electrons. The van der Waals surface area contributed by atoms with Gasteiger partial charge >= 0.3 is 0 Å². The van der Waals surface area contributed by atoms with E-state index in [4.69, 9.17) is 5.73 Å². The maximum atomic E-state index is 11.3. The second-order valence-corrected chi connectivity index (χ2v) is 5.91. The van der Waals surface area contributed by atoms with Gasteiger partial charge in [-0.25, -0.2) is 13.4 Å². The Kier molecular flexibility index (Phi) is 3.16. The Morgan fingerprint density at radius 3 is 2.47 bits per heavy atom. The lowest BCUT2D eigenvalue weighted by Gasteiger charge is -2.33. The fourth-order valence-electron chi connectivity index (χ4n) is 1.73. The first-order valence-corrected chi connectivity index (χ1v) is 7.10. The average molecular weight is 257 g/mol. The van der Waals surface area contributed by atoms with Crippen LogP contribution in [0.25, 0.3) is 0 Å². The van der Waals surface area contributed by atoms with Crippen molar-refractivity contribution in [2.75, 3.05) is 43.1 Å². The number of piperazine rings is 1. The Bertz CT molecular complexity index is 496. The summed E-state index contributed by atoms with van der Waals surface area (Å²) >= 11 is 0. The Morgan fingerprint density at radius 1 is 1.29 bits per heavy atom. The number of nitrogens with two attached hydrogens (primary N) is 1. The molecule has 1 aliphatic heterocycles. The third-order valence-corrected chi connectivity index (χ3v) is 3.96. The molecule has 0 radical (unpaired) electrons. The van der Waals surface area contributed by atoms with Crippen LogP contribution in [0.2, 0.25) is 0 Å². The normalized spacial score (nSPS) is 18.3. The molecule has 0 aliphatic carbocycles. The van der Waals surface area contributed by atoms with E-state index in [1.54, 1.807) is 12.3 Å². The van der Waals surface area contributed by atoms with Crippen LogP contribution in [0, 0.1) is 0 Å². The summed E-state index contributed by atoms with van der Waals surface area (Å²) in [6, 6.07) is 1.62. The standard InChI is InChI=1S/C9H15N5O2S/c1-17(15,16)14-6-4-13(5-7-14)9-11-3-2-8(10)12-9/h2-3H,4-7H2,1H3,(H2,10,11,12). The zero-order chi connectivity index (χ0) is 12.5. The smallest absolute Gasteiger partial charge is 0.227 e. The Balaban J connectivity index is 2.05. The molecule has 0 bridgehead atoms. The number of nitrogen functional groups attached to an aromatic ring is 1. The average Bonchev–Trinajstić information content (AvgIpc) is 2.28. The van der Waals surface area contributed by atoms with E-state index in [2.05, 4.69) is 9.97 Å². The molecule has 1 aromatic rings. The van der Waals surface area contributed by atoms with Gasteiger partial charge in [0.05, 0.1) is 6.26 Å². The molecule has 0 atom stereocenters. The van der Waals surface area contributed by atoms with E-state index in [0.29, 0.717) is 37.9 Å². The monoisotopic (exact) mass is 257 g/mol. The van der Waals surface area contributed by atoms with Crippen molar-refractivity contribution < 1.29 is 8.42 Å². The van der Waals surface area contributed by atoms with Crippen LogP contribution >= 0.6 is 0 Å². The Hall–Kier alpha value is -1.41. The highest BCUT2D eigenvalue weighted by Crippen LogP contribution is 2.13. The van der Waals surface area contributed by atoms with Gasteiger partial charge in [-0.05, 0) is 6.07 Å². The van der Waals surface area contributed by atoms with Gasteiger partial charge in [0, 0.05) is 32.4 Å². The Morgan fingerprint density at radius 2 is 1.94 bits per heavy atom. The van der Waals surface area contributed by atoms with Crippen molar-refractivity contribution >= 4 is 21.8 Å². The molecule has 1 aliphatic rings. The molecule has 1 aromatic heterocycles. The molecule has 2 heterocycles. The first-order valence-electron chi connectivity index (χ1n) is 5.25. The van der Waals surface area contributed by atoms with Crippen molar-refractivity contribution in [3.63, 3.8) is 0 Å². The van der Waals surface area contributed by atoms with Crippen molar-refractivity contribution in [1.29, 1.82) is 0 Å². The predicted octanol–water partition coefficient (Wildman–Crippen LogP) is -0.860. The number of nitrogens with zero attached hydrogens (tertiary/aromatic N) is 4. The van der Waals surface area contributed by atoms with Gasteiger partial charge in [-0.15, -0.1) is 0 Å². The zero-order valence-corrected chi connectivity index (χ0v) is 10.4. The van der Waals surface area contributed by atoms with Crippen LogP contribution in [-0.2, 0) is 10.0 Å². The Labute approximate surface area is 100 Å². The lowest BCUT2D eigenvalue weighted by molar-refractivity contribution is 0.385. The molecule has 0 aromatic carbocycles. The van der Waals surface area contributed by atoms with Gasteiger partial charge in [0.15, 0.2) is 0 Å². The van der Waals surface area contributed by atoms with E-state index in [9.17, 15) is 8.42 Å². The molecule has 0 saturated carbocycles. The largest absolute Gasteiger partial charge is 0.384 e. The molecule has 0 unspecified atom stereocenters. The maximum absolute atomic E-state index is 11.3. The minimum absolute atomic E-state index is 0.417. The molecular weight excluding hydrogens is 242 g/mol. The highest BCUT2D eigenvalue weighted by molar-refractivity contribution is 7.88. The molecule has 2 rings (SSSR count). The fraction of sp³-hybridized carbons (Fsp3) is 0.556. The van der Waals surface area contributed by atoms with Crippen molar-refractivity contribution in [2.45, 2.75) is 0 Å². The summed E-state index contributed by atoms with van der Waals surface area (Å²) in [7, 11) is -3.10. The summed E-state index contributed by atoms with van der Waals surface area (Å²) in [5.41, 5.74) is 5.58. The molecule has 0 spiro atoms. The first-order chi connectivity index (χ1) is 7.97. The van der Waals surface area contributed by atoms with E-state index in [1.165, 1.54) is 10.6 Å². The number of anilines is 2. The van der Waals surface area contributed by atoms with Crippen LogP contribution < -0.4 is 10.6 Å². The van der Waals surface area contributed by atoms with Gasteiger partial charge in [0.25, 0.3) is 0 Å². The van der Waals surface area contributed by atoms with Crippen molar-refractivity contribution in [3.8, 4) is 0 Å². The van der Waals surface area contributed by atoms with Crippen LogP contribution in [0.3, 0.4) is 0 Å². The van der Waals surface area contributed by atoms with E-state index >= 15 is 0 Å². The van der Waals surface area contributed by atoms with Crippen LogP contribution in [-0.4, -0.2) is 55.1 Å². The number of aromatic nitrogens is 2. The van der Waals surface area contributed by atoms with E-state index in [1.807, 2.05) is 4.90 Å². The highest BCUT2D eigenvalue weighted by Gasteiger charge is 2.24. The van der Waals surface area contributed by atoms with Crippen molar-refractivity contribution in [2.24, 2.45) is 0 Å². The first kappa shape index (κ1) is 12.1. The summed E-state index contributed by atoms with van der Waals surface area (Å²) in [5.74, 6) is 0.971. The van der Waals surface area contributed by atoms with Crippen LogP contribution in [0.4, 0.5) is 11.8 Å². The molecular formula is C9H15N5O2S. The van der Waals surface area contributed by atoms with E-state index in [-0.39, 0.29) is 0 Å². The SMILES string of the molecule is CS(=O)(=O)N1CCN(c2nccc(N)n2)CC1. The van der Waals surface area contributed by atoms with Gasteiger partial charge in [0.1, 0.15) is 5.82 Å². The fourth-order valence-corrected chi connectivity index (χ4v) is 2.56. The summed E-state index contributed by atoms with van der Waals surface area (Å²) in [6.07, 6.45) is 2.82. The summed E-state index contributed by atoms with van der Waals surface area (Å²) in [6.45, 7) is 2.07. The topological polar surface area (TPSA) is 92.4 Å².